The molecule has 3 heteroatoms. The monoisotopic (exact) mass is 288 g/mol. The Morgan fingerprint density at radius 3 is 2.14 bits per heavy atom. The standard InChI is InChI=1S/C18H28N2O/c1-14-9-15(2)11-17(10-14)18(21)13-20-7-5-19(6-8-20)12-16-3-4-16/h9-11,16,18,21H,3-8,12-13H2,1-2H3. The molecule has 1 N–H and O–H groups in total. The van der Waals surface area contributed by atoms with Gasteiger partial charge >= 0.3 is 0 Å². The summed E-state index contributed by atoms with van der Waals surface area (Å²) >= 11 is 0. The second kappa shape index (κ2) is 6.47. The first-order valence-electron chi connectivity index (χ1n) is 8.31. The third-order valence-corrected chi connectivity index (χ3v) is 4.74. The summed E-state index contributed by atoms with van der Waals surface area (Å²) < 4.78 is 0. The molecule has 2 aliphatic rings. The van der Waals surface area contributed by atoms with E-state index in [2.05, 4.69) is 41.8 Å². The SMILES string of the molecule is Cc1cc(C)cc(C(O)CN2CCN(CC3CC3)CC2)c1. The number of piperazine rings is 1. The van der Waals surface area contributed by atoms with Crippen molar-refractivity contribution < 1.29 is 5.11 Å². The molecular formula is C18H28N2O. The van der Waals surface area contributed by atoms with Gasteiger partial charge in [-0.15, -0.1) is 0 Å². The number of benzene rings is 1. The summed E-state index contributed by atoms with van der Waals surface area (Å²) in [6, 6.07) is 6.38. The van der Waals surface area contributed by atoms with Crippen molar-refractivity contribution in [2.75, 3.05) is 39.3 Å². The average Bonchev–Trinajstić information content (AvgIpc) is 3.24. The summed E-state index contributed by atoms with van der Waals surface area (Å²) in [5.74, 6) is 0.984. The fourth-order valence-corrected chi connectivity index (χ4v) is 3.37. The van der Waals surface area contributed by atoms with Gasteiger partial charge < -0.3 is 10.0 Å². The highest BCUT2D eigenvalue weighted by Crippen LogP contribution is 2.30. The van der Waals surface area contributed by atoms with Crippen molar-refractivity contribution in [3.63, 3.8) is 0 Å². The van der Waals surface area contributed by atoms with Crippen LogP contribution in [0.4, 0.5) is 0 Å². The van der Waals surface area contributed by atoms with Gasteiger partial charge in [-0.05, 0) is 38.2 Å². The number of aliphatic hydroxyl groups excluding tert-OH is 1. The van der Waals surface area contributed by atoms with Crippen molar-refractivity contribution in [1.82, 2.24) is 9.80 Å². The molecule has 2 fully saturated rings. The van der Waals surface area contributed by atoms with E-state index in [-0.39, 0.29) is 6.10 Å². The topological polar surface area (TPSA) is 26.7 Å². The van der Waals surface area contributed by atoms with E-state index in [0.717, 1.165) is 44.2 Å². The number of aryl methyl sites for hydroxylation is 2. The number of aliphatic hydroxyl groups is 1. The van der Waals surface area contributed by atoms with E-state index in [1.807, 2.05) is 0 Å². The van der Waals surface area contributed by atoms with Crippen LogP contribution < -0.4 is 0 Å². The van der Waals surface area contributed by atoms with Gasteiger partial charge in [-0.1, -0.05) is 29.3 Å². The van der Waals surface area contributed by atoms with Crippen LogP contribution in [-0.4, -0.2) is 54.2 Å². The Labute approximate surface area is 128 Å². The van der Waals surface area contributed by atoms with Crippen LogP contribution in [0, 0.1) is 19.8 Å². The van der Waals surface area contributed by atoms with Crippen molar-refractivity contribution in [3.8, 4) is 0 Å². The van der Waals surface area contributed by atoms with E-state index >= 15 is 0 Å². The maximum Gasteiger partial charge on any atom is 0.0917 e. The predicted octanol–water partition coefficient (Wildman–Crippen LogP) is 2.36. The lowest BCUT2D eigenvalue weighted by Crippen LogP contribution is -2.47. The minimum atomic E-state index is -0.362. The van der Waals surface area contributed by atoms with E-state index in [1.165, 1.54) is 30.5 Å². The van der Waals surface area contributed by atoms with Crippen LogP contribution in [0.15, 0.2) is 18.2 Å². The number of hydrogen-bond donors (Lipinski definition) is 1. The molecule has 0 aromatic heterocycles. The molecule has 0 amide bonds. The van der Waals surface area contributed by atoms with Gasteiger partial charge in [-0.2, -0.15) is 0 Å². The van der Waals surface area contributed by atoms with E-state index in [1.54, 1.807) is 0 Å². The molecule has 1 heterocycles. The van der Waals surface area contributed by atoms with Crippen molar-refractivity contribution >= 4 is 0 Å². The average molecular weight is 288 g/mol. The zero-order valence-corrected chi connectivity index (χ0v) is 13.4. The number of hydrogen-bond acceptors (Lipinski definition) is 3. The first kappa shape index (κ1) is 15.0. The minimum Gasteiger partial charge on any atom is -0.387 e. The van der Waals surface area contributed by atoms with E-state index in [4.69, 9.17) is 0 Å². The van der Waals surface area contributed by atoms with Gasteiger partial charge in [0.1, 0.15) is 0 Å². The molecule has 0 bridgehead atoms. The molecular weight excluding hydrogens is 260 g/mol. The van der Waals surface area contributed by atoms with Crippen LogP contribution >= 0.6 is 0 Å². The summed E-state index contributed by atoms with van der Waals surface area (Å²) in [6.45, 7) is 10.8. The highest BCUT2D eigenvalue weighted by atomic mass is 16.3. The highest BCUT2D eigenvalue weighted by molar-refractivity contribution is 5.30. The quantitative estimate of drug-likeness (QED) is 0.901. The Kier molecular flexibility index (Phi) is 4.63. The Hall–Kier alpha value is -0.900. The molecule has 3 rings (SSSR count). The Balaban J connectivity index is 1.49. The second-order valence-corrected chi connectivity index (χ2v) is 6.98. The van der Waals surface area contributed by atoms with Crippen LogP contribution in [0.1, 0.15) is 35.6 Å². The van der Waals surface area contributed by atoms with Crippen LogP contribution in [0.2, 0.25) is 0 Å². The largest absolute Gasteiger partial charge is 0.387 e. The number of nitrogens with zero attached hydrogens (tertiary/aromatic N) is 2. The summed E-state index contributed by atoms with van der Waals surface area (Å²) in [4.78, 5) is 5.00. The molecule has 1 aromatic rings. The van der Waals surface area contributed by atoms with Crippen molar-refractivity contribution in [1.29, 1.82) is 0 Å². The zero-order valence-electron chi connectivity index (χ0n) is 13.4. The van der Waals surface area contributed by atoms with Crippen molar-refractivity contribution in [2.24, 2.45) is 5.92 Å². The fraction of sp³-hybridized carbons (Fsp3) is 0.667. The first-order valence-corrected chi connectivity index (χ1v) is 8.31. The van der Waals surface area contributed by atoms with Gasteiger partial charge in [-0.25, -0.2) is 0 Å². The molecule has 1 aromatic carbocycles. The number of rotatable bonds is 5. The third kappa shape index (κ3) is 4.29. The molecule has 1 saturated carbocycles. The molecule has 116 valence electrons. The fourth-order valence-electron chi connectivity index (χ4n) is 3.37. The van der Waals surface area contributed by atoms with E-state index in [9.17, 15) is 5.11 Å². The van der Waals surface area contributed by atoms with Crippen molar-refractivity contribution in [3.05, 3.63) is 34.9 Å². The lowest BCUT2D eigenvalue weighted by Gasteiger charge is -2.35. The van der Waals surface area contributed by atoms with Crippen LogP contribution in [-0.2, 0) is 0 Å². The van der Waals surface area contributed by atoms with E-state index < -0.39 is 0 Å². The summed E-state index contributed by atoms with van der Waals surface area (Å²) in [5, 5.41) is 10.5. The van der Waals surface area contributed by atoms with Gasteiger partial charge in [0, 0.05) is 39.3 Å². The highest BCUT2D eigenvalue weighted by Gasteiger charge is 2.26. The molecule has 3 nitrogen and oxygen atoms in total. The van der Waals surface area contributed by atoms with Gasteiger partial charge in [0.05, 0.1) is 6.10 Å². The summed E-state index contributed by atoms with van der Waals surface area (Å²) in [5.41, 5.74) is 3.53. The van der Waals surface area contributed by atoms with Gasteiger partial charge in [0.25, 0.3) is 0 Å². The Morgan fingerprint density at radius 2 is 1.57 bits per heavy atom. The van der Waals surface area contributed by atoms with Gasteiger partial charge in [0.15, 0.2) is 0 Å². The second-order valence-electron chi connectivity index (χ2n) is 6.98. The molecule has 0 radical (unpaired) electrons. The summed E-state index contributed by atoms with van der Waals surface area (Å²) in [6.07, 6.45) is 2.51. The summed E-state index contributed by atoms with van der Waals surface area (Å²) in [7, 11) is 0. The maximum absolute atomic E-state index is 10.5. The Morgan fingerprint density at radius 1 is 1.00 bits per heavy atom. The van der Waals surface area contributed by atoms with Gasteiger partial charge in [-0.3, -0.25) is 4.90 Å². The van der Waals surface area contributed by atoms with Crippen LogP contribution in [0.5, 0.6) is 0 Å². The molecule has 1 aliphatic heterocycles. The molecule has 0 spiro atoms. The van der Waals surface area contributed by atoms with Crippen LogP contribution in [0.25, 0.3) is 0 Å². The van der Waals surface area contributed by atoms with Crippen LogP contribution in [0.3, 0.4) is 0 Å². The maximum atomic E-state index is 10.5. The predicted molar refractivity (Wildman–Crippen MR) is 86.5 cm³/mol. The van der Waals surface area contributed by atoms with Gasteiger partial charge in [0.2, 0.25) is 0 Å². The minimum absolute atomic E-state index is 0.362. The van der Waals surface area contributed by atoms with Crippen molar-refractivity contribution in [2.45, 2.75) is 32.8 Å². The Bertz CT molecular complexity index is 456. The zero-order chi connectivity index (χ0) is 14.8. The lowest BCUT2D eigenvalue weighted by molar-refractivity contribution is 0.0710. The first-order chi connectivity index (χ1) is 10.1. The smallest absolute Gasteiger partial charge is 0.0917 e. The molecule has 1 saturated heterocycles. The normalized spacial score (nSPS) is 22.4. The molecule has 1 unspecified atom stereocenters. The molecule has 1 atom stereocenters. The lowest BCUT2D eigenvalue weighted by atomic mass is 10.0. The number of β-amino-alcohol motifs (C(OH)–C–C–N with tert-alkyl or cyclic N) is 1. The molecule has 1 aliphatic carbocycles. The van der Waals surface area contributed by atoms with E-state index in [0.29, 0.717) is 0 Å². The molecule has 21 heavy (non-hydrogen) atoms. The third-order valence-electron chi connectivity index (χ3n) is 4.74.